The molecule has 8 heteroatoms. The second-order valence-electron chi connectivity index (χ2n) is 5.62. The number of anilines is 1. The van der Waals surface area contributed by atoms with Crippen molar-refractivity contribution < 1.29 is 14.3 Å². The number of aromatic nitrogens is 2. The largest absolute Gasteiger partial charge is 0.493 e. The molecule has 0 fully saturated rings. The van der Waals surface area contributed by atoms with E-state index in [0.29, 0.717) is 27.2 Å². The van der Waals surface area contributed by atoms with Crippen LogP contribution in [-0.4, -0.2) is 30.1 Å². The van der Waals surface area contributed by atoms with Gasteiger partial charge in [-0.15, -0.1) is 22.7 Å². The van der Waals surface area contributed by atoms with Crippen LogP contribution in [0.2, 0.25) is 0 Å². The Bertz CT molecular complexity index is 943. The van der Waals surface area contributed by atoms with Crippen LogP contribution in [0.5, 0.6) is 11.5 Å². The number of aryl methyl sites for hydroxylation is 3. The normalized spacial score (nSPS) is 10.7. The Kier molecular flexibility index (Phi) is 5.24. The molecule has 6 nitrogen and oxygen atoms in total. The molecule has 0 atom stereocenters. The minimum absolute atomic E-state index is 0.194. The molecule has 0 spiro atoms. The van der Waals surface area contributed by atoms with Crippen LogP contribution in [-0.2, 0) is 0 Å². The molecule has 0 saturated heterocycles. The van der Waals surface area contributed by atoms with Crippen molar-refractivity contribution in [2.75, 3.05) is 19.5 Å². The van der Waals surface area contributed by atoms with Gasteiger partial charge in [-0.25, -0.2) is 9.97 Å². The number of thiazole rings is 2. The summed E-state index contributed by atoms with van der Waals surface area (Å²) in [5, 5.41) is 4.21. The molecule has 0 aliphatic carbocycles. The van der Waals surface area contributed by atoms with Crippen molar-refractivity contribution >= 4 is 33.7 Å². The van der Waals surface area contributed by atoms with Crippen LogP contribution in [0.3, 0.4) is 0 Å². The number of benzene rings is 1. The van der Waals surface area contributed by atoms with Gasteiger partial charge in [-0.05, 0) is 39.0 Å². The van der Waals surface area contributed by atoms with Crippen molar-refractivity contribution in [3.05, 3.63) is 39.3 Å². The van der Waals surface area contributed by atoms with E-state index in [1.54, 1.807) is 14.2 Å². The highest BCUT2D eigenvalue weighted by Crippen LogP contribution is 2.35. The number of hydrogen-bond donors (Lipinski definition) is 1. The zero-order valence-electron chi connectivity index (χ0n) is 15.2. The van der Waals surface area contributed by atoms with Gasteiger partial charge in [0.1, 0.15) is 9.88 Å². The summed E-state index contributed by atoms with van der Waals surface area (Å²) in [5.74, 6) is 1.08. The molecule has 1 N–H and O–H groups in total. The third kappa shape index (κ3) is 3.56. The summed E-state index contributed by atoms with van der Waals surface area (Å²) in [6, 6.07) is 5.58. The Balaban J connectivity index is 1.88. The predicted molar refractivity (Wildman–Crippen MR) is 105 cm³/mol. The molecule has 0 radical (unpaired) electrons. The molecule has 26 heavy (non-hydrogen) atoms. The van der Waals surface area contributed by atoms with Crippen LogP contribution < -0.4 is 14.8 Å². The fourth-order valence-corrected chi connectivity index (χ4v) is 4.15. The average Bonchev–Trinajstić information content (AvgIpc) is 3.16. The van der Waals surface area contributed by atoms with Gasteiger partial charge < -0.3 is 9.47 Å². The summed E-state index contributed by atoms with van der Waals surface area (Å²) in [6.45, 7) is 5.73. The smallest absolute Gasteiger partial charge is 0.269 e. The van der Waals surface area contributed by atoms with Crippen LogP contribution in [0.15, 0.2) is 18.2 Å². The Morgan fingerprint density at radius 1 is 1.00 bits per heavy atom. The van der Waals surface area contributed by atoms with Gasteiger partial charge in [-0.2, -0.15) is 0 Å². The number of nitrogens with zero attached hydrogens (tertiary/aromatic N) is 2. The molecule has 1 amide bonds. The molecule has 0 aliphatic rings. The molecule has 3 aromatic rings. The second-order valence-corrected chi connectivity index (χ2v) is 7.82. The highest BCUT2D eigenvalue weighted by Gasteiger charge is 2.18. The summed E-state index contributed by atoms with van der Waals surface area (Å²) in [4.78, 5) is 23.2. The van der Waals surface area contributed by atoms with Gasteiger partial charge in [0, 0.05) is 10.4 Å². The maximum Gasteiger partial charge on any atom is 0.269 e. The number of ether oxygens (including phenoxy) is 2. The zero-order chi connectivity index (χ0) is 18.8. The number of hydrogen-bond acceptors (Lipinski definition) is 7. The van der Waals surface area contributed by atoms with Crippen molar-refractivity contribution in [2.24, 2.45) is 0 Å². The first kappa shape index (κ1) is 18.3. The lowest BCUT2D eigenvalue weighted by Crippen LogP contribution is -2.11. The molecule has 136 valence electrons. The van der Waals surface area contributed by atoms with E-state index < -0.39 is 0 Å². The van der Waals surface area contributed by atoms with Gasteiger partial charge in [0.25, 0.3) is 5.91 Å². The number of rotatable bonds is 5. The standard InChI is InChI=1S/C18H19N3O3S2/c1-9-11(3)25-18(20-9)21-16(22)15-10(2)19-17(26-15)12-6-7-13(23-4)14(8-12)24-5/h6-8H,1-5H3,(H,20,21,22). The fourth-order valence-electron chi connectivity index (χ4n) is 2.38. The molecule has 1 aromatic carbocycles. The number of carbonyl (C=O) groups excluding carboxylic acids is 1. The molecule has 2 aromatic heterocycles. The maximum absolute atomic E-state index is 12.6. The summed E-state index contributed by atoms with van der Waals surface area (Å²) in [5.41, 5.74) is 2.48. The lowest BCUT2D eigenvalue weighted by atomic mass is 10.2. The molecule has 0 saturated carbocycles. The molecule has 0 unspecified atom stereocenters. The zero-order valence-corrected chi connectivity index (χ0v) is 16.8. The third-order valence-electron chi connectivity index (χ3n) is 3.88. The average molecular weight is 390 g/mol. The van der Waals surface area contributed by atoms with Crippen LogP contribution in [0, 0.1) is 20.8 Å². The number of carbonyl (C=O) groups is 1. The van der Waals surface area contributed by atoms with Gasteiger partial charge in [-0.1, -0.05) is 0 Å². The molecular weight excluding hydrogens is 370 g/mol. The van der Waals surface area contributed by atoms with Crippen molar-refractivity contribution in [3.63, 3.8) is 0 Å². The molecular formula is C18H19N3O3S2. The number of methoxy groups -OCH3 is 2. The molecule has 0 bridgehead atoms. The van der Waals surface area contributed by atoms with Gasteiger partial charge in [0.05, 0.1) is 25.6 Å². The van der Waals surface area contributed by atoms with Crippen molar-refractivity contribution in [1.82, 2.24) is 9.97 Å². The van der Waals surface area contributed by atoms with E-state index in [2.05, 4.69) is 15.3 Å². The quantitative estimate of drug-likeness (QED) is 0.697. The Morgan fingerprint density at radius 2 is 1.73 bits per heavy atom. The summed E-state index contributed by atoms with van der Waals surface area (Å²) < 4.78 is 10.6. The maximum atomic E-state index is 12.6. The topological polar surface area (TPSA) is 73.3 Å². The first-order chi connectivity index (χ1) is 12.4. The lowest BCUT2D eigenvalue weighted by molar-refractivity contribution is 0.103. The lowest BCUT2D eigenvalue weighted by Gasteiger charge is -2.08. The molecule has 3 rings (SSSR count). The second kappa shape index (κ2) is 7.43. The van der Waals surface area contributed by atoms with Crippen LogP contribution in [0.1, 0.15) is 25.9 Å². The van der Waals surface area contributed by atoms with E-state index in [1.807, 2.05) is 39.0 Å². The number of nitrogens with one attached hydrogen (secondary N) is 1. The Labute approximate surface area is 159 Å². The van der Waals surface area contributed by atoms with Crippen LogP contribution >= 0.6 is 22.7 Å². The van der Waals surface area contributed by atoms with Crippen LogP contribution in [0.4, 0.5) is 5.13 Å². The monoisotopic (exact) mass is 389 g/mol. The first-order valence-corrected chi connectivity index (χ1v) is 9.51. The van der Waals surface area contributed by atoms with Gasteiger partial charge >= 0.3 is 0 Å². The van der Waals surface area contributed by atoms with E-state index in [0.717, 1.165) is 21.1 Å². The van der Waals surface area contributed by atoms with Crippen molar-refractivity contribution in [3.8, 4) is 22.1 Å². The van der Waals surface area contributed by atoms with Crippen LogP contribution in [0.25, 0.3) is 10.6 Å². The Morgan fingerprint density at radius 3 is 2.35 bits per heavy atom. The summed E-state index contributed by atoms with van der Waals surface area (Å²) in [6.07, 6.45) is 0. The highest BCUT2D eigenvalue weighted by molar-refractivity contribution is 7.18. The highest BCUT2D eigenvalue weighted by atomic mass is 32.1. The molecule has 0 aliphatic heterocycles. The van der Waals surface area contributed by atoms with E-state index in [4.69, 9.17) is 9.47 Å². The molecule has 2 heterocycles. The van der Waals surface area contributed by atoms with Gasteiger partial charge in [0.15, 0.2) is 16.6 Å². The third-order valence-corrected chi connectivity index (χ3v) is 6.08. The number of amides is 1. The minimum atomic E-state index is -0.194. The summed E-state index contributed by atoms with van der Waals surface area (Å²) >= 11 is 2.81. The SMILES string of the molecule is COc1ccc(-c2nc(C)c(C(=O)Nc3nc(C)c(C)s3)s2)cc1OC. The predicted octanol–water partition coefficient (Wildman–Crippen LogP) is 4.46. The van der Waals surface area contributed by atoms with Gasteiger partial charge in [0.2, 0.25) is 0 Å². The first-order valence-electron chi connectivity index (χ1n) is 7.88. The minimum Gasteiger partial charge on any atom is -0.493 e. The van der Waals surface area contributed by atoms with E-state index in [1.165, 1.54) is 22.7 Å². The van der Waals surface area contributed by atoms with Crippen molar-refractivity contribution in [1.29, 1.82) is 0 Å². The van der Waals surface area contributed by atoms with Gasteiger partial charge in [-0.3, -0.25) is 10.1 Å². The van der Waals surface area contributed by atoms with E-state index in [9.17, 15) is 4.79 Å². The van der Waals surface area contributed by atoms with E-state index >= 15 is 0 Å². The fraction of sp³-hybridized carbons (Fsp3) is 0.278. The van der Waals surface area contributed by atoms with E-state index in [-0.39, 0.29) is 5.91 Å². The Hall–Kier alpha value is -2.45. The summed E-state index contributed by atoms with van der Waals surface area (Å²) in [7, 11) is 3.18. The van der Waals surface area contributed by atoms with Crippen molar-refractivity contribution in [2.45, 2.75) is 20.8 Å².